The van der Waals surface area contributed by atoms with E-state index < -0.39 is 0 Å². The molecule has 0 atom stereocenters. The number of benzene rings is 1. The van der Waals surface area contributed by atoms with E-state index in [1.54, 1.807) is 0 Å². The molecule has 1 N–H and O–H groups in total. The third-order valence-electron chi connectivity index (χ3n) is 4.33. The van der Waals surface area contributed by atoms with E-state index in [1.807, 2.05) is 12.1 Å². The van der Waals surface area contributed by atoms with Gasteiger partial charge < -0.3 is 5.11 Å². The highest BCUT2D eigenvalue weighted by Gasteiger charge is 2.07. The van der Waals surface area contributed by atoms with Crippen molar-refractivity contribution < 1.29 is 5.11 Å². The summed E-state index contributed by atoms with van der Waals surface area (Å²) in [6.07, 6.45) is 15.2. The van der Waals surface area contributed by atoms with E-state index in [4.69, 9.17) is 0 Å². The highest BCUT2D eigenvalue weighted by Crippen LogP contribution is 2.25. The molecule has 0 radical (unpaired) electrons. The fraction of sp³-hybridized carbons (Fsp3) is 0.700. The van der Waals surface area contributed by atoms with E-state index in [9.17, 15) is 5.11 Å². The average molecular weight is 290 g/mol. The van der Waals surface area contributed by atoms with Gasteiger partial charge in [0.1, 0.15) is 5.75 Å². The van der Waals surface area contributed by atoms with Crippen molar-refractivity contribution in [2.24, 2.45) is 0 Å². The number of rotatable bonds is 12. The molecule has 1 heteroatoms. The zero-order valence-electron chi connectivity index (χ0n) is 14.2. The molecule has 0 aliphatic heterocycles. The molecule has 0 bridgehead atoms. The Bertz CT molecular complexity index is 370. The van der Waals surface area contributed by atoms with Crippen molar-refractivity contribution in [1.82, 2.24) is 0 Å². The predicted octanol–water partition coefficient (Wildman–Crippen LogP) is 6.42. The van der Waals surface area contributed by atoms with E-state index in [2.05, 4.69) is 19.9 Å². The second-order valence-electron chi connectivity index (χ2n) is 6.24. The van der Waals surface area contributed by atoms with Gasteiger partial charge in [-0.3, -0.25) is 0 Å². The number of unbranched alkanes of at least 4 members (excludes halogenated alkanes) is 8. The van der Waals surface area contributed by atoms with Gasteiger partial charge >= 0.3 is 0 Å². The minimum Gasteiger partial charge on any atom is -0.508 e. The summed E-state index contributed by atoms with van der Waals surface area (Å²) in [7, 11) is 0. The molecule has 1 aromatic carbocycles. The Morgan fingerprint density at radius 2 is 1.29 bits per heavy atom. The monoisotopic (exact) mass is 290 g/mol. The Hall–Kier alpha value is -0.980. The van der Waals surface area contributed by atoms with Crippen LogP contribution in [0, 0.1) is 0 Å². The highest BCUT2D eigenvalue weighted by atomic mass is 16.3. The van der Waals surface area contributed by atoms with E-state index >= 15 is 0 Å². The van der Waals surface area contributed by atoms with Crippen LogP contribution in [0.25, 0.3) is 0 Å². The molecule has 0 unspecified atom stereocenters. The summed E-state index contributed by atoms with van der Waals surface area (Å²) < 4.78 is 0. The van der Waals surface area contributed by atoms with Crippen LogP contribution in [0.4, 0.5) is 0 Å². The largest absolute Gasteiger partial charge is 0.508 e. The number of aryl methyl sites for hydroxylation is 1. The number of aromatic hydroxyl groups is 1. The Morgan fingerprint density at radius 3 is 2.00 bits per heavy atom. The van der Waals surface area contributed by atoms with Crippen LogP contribution in [-0.4, -0.2) is 5.11 Å². The van der Waals surface area contributed by atoms with Crippen molar-refractivity contribution in [3.8, 4) is 5.75 Å². The van der Waals surface area contributed by atoms with Gasteiger partial charge in [-0.05, 0) is 42.9 Å². The van der Waals surface area contributed by atoms with Gasteiger partial charge in [-0.2, -0.15) is 0 Å². The molecule has 1 nitrogen and oxygen atoms in total. The van der Waals surface area contributed by atoms with Gasteiger partial charge in [-0.15, -0.1) is 0 Å². The third-order valence-corrected chi connectivity index (χ3v) is 4.33. The van der Waals surface area contributed by atoms with Crippen LogP contribution < -0.4 is 0 Å². The first-order chi connectivity index (χ1) is 10.3. The summed E-state index contributed by atoms with van der Waals surface area (Å²) in [5.74, 6) is 0.509. The van der Waals surface area contributed by atoms with Crippen LogP contribution in [0.5, 0.6) is 5.75 Å². The number of phenolic OH excluding ortho intramolecular Hbond substituents is 1. The molecule has 0 saturated heterocycles. The Morgan fingerprint density at radius 1 is 0.714 bits per heavy atom. The molecule has 0 amide bonds. The lowest BCUT2D eigenvalue weighted by molar-refractivity contribution is 0.464. The molecule has 0 fully saturated rings. The van der Waals surface area contributed by atoms with Gasteiger partial charge in [-0.25, -0.2) is 0 Å². The topological polar surface area (TPSA) is 20.2 Å². The van der Waals surface area contributed by atoms with Gasteiger partial charge in [0.05, 0.1) is 0 Å². The Labute approximate surface area is 131 Å². The van der Waals surface area contributed by atoms with Gasteiger partial charge in [-0.1, -0.05) is 77.3 Å². The lowest BCUT2D eigenvalue weighted by atomic mass is 9.95. The Kier molecular flexibility index (Phi) is 10.0. The normalized spacial score (nSPS) is 11.0. The molecule has 0 spiro atoms. The summed E-state index contributed by atoms with van der Waals surface area (Å²) in [6, 6.07) is 6.05. The van der Waals surface area contributed by atoms with Crippen LogP contribution in [0.1, 0.15) is 89.2 Å². The minimum atomic E-state index is 0.509. The summed E-state index contributed by atoms with van der Waals surface area (Å²) in [5.41, 5.74) is 2.59. The molecule has 0 saturated carbocycles. The van der Waals surface area contributed by atoms with Crippen molar-refractivity contribution in [2.75, 3.05) is 0 Å². The molecule has 0 aromatic heterocycles. The summed E-state index contributed by atoms with van der Waals surface area (Å²) in [5, 5.41) is 10.1. The van der Waals surface area contributed by atoms with Gasteiger partial charge in [0.15, 0.2) is 0 Å². The lowest BCUT2D eigenvalue weighted by Gasteiger charge is -2.11. The minimum absolute atomic E-state index is 0.509. The Balaban J connectivity index is 2.39. The maximum absolute atomic E-state index is 10.1. The lowest BCUT2D eigenvalue weighted by Crippen LogP contribution is -1.96. The fourth-order valence-corrected chi connectivity index (χ4v) is 2.97. The molecule has 1 aromatic rings. The second-order valence-corrected chi connectivity index (χ2v) is 6.24. The van der Waals surface area contributed by atoms with E-state index in [-0.39, 0.29) is 0 Å². The van der Waals surface area contributed by atoms with Crippen LogP contribution in [0.15, 0.2) is 18.2 Å². The maximum atomic E-state index is 10.1. The molecule has 21 heavy (non-hydrogen) atoms. The molecule has 0 aliphatic rings. The number of hydrogen-bond donors (Lipinski definition) is 1. The maximum Gasteiger partial charge on any atom is 0.119 e. The molecule has 0 heterocycles. The van der Waals surface area contributed by atoms with E-state index in [1.165, 1.54) is 75.3 Å². The van der Waals surface area contributed by atoms with Gasteiger partial charge in [0, 0.05) is 0 Å². The van der Waals surface area contributed by atoms with Crippen molar-refractivity contribution in [2.45, 2.75) is 90.9 Å². The third kappa shape index (κ3) is 7.55. The standard InChI is InChI=1S/C20H34O/c1-3-5-7-9-10-11-14-18-15-13-17-20(21)19(18)16-12-8-6-4-2/h13,15,17,21H,3-12,14,16H2,1-2H3. The molecule has 120 valence electrons. The first-order valence-corrected chi connectivity index (χ1v) is 9.09. The predicted molar refractivity (Wildman–Crippen MR) is 93.0 cm³/mol. The average Bonchev–Trinajstić information content (AvgIpc) is 2.49. The van der Waals surface area contributed by atoms with Crippen molar-refractivity contribution in [3.05, 3.63) is 29.3 Å². The summed E-state index contributed by atoms with van der Waals surface area (Å²) >= 11 is 0. The van der Waals surface area contributed by atoms with Crippen molar-refractivity contribution >= 4 is 0 Å². The smallest absolute Gasteiger partial charge is 0.119 e. The molecule has 1 rings (SSSR count). The van der Waals surface area contributed by atoms with Gasteiger partial charge in [0.2, 0.25) is 0 Å². The fourth-order valence-electron chi connectivity index (χ4n) is 2.97. The number of phenols is 1. The molecular weight excluding hydrogens is 256 g/mol. The van der Waals surface area contributed by atoms with Crippen LogP contribution in [0.3, 0.4) is 0 Å². The van der Waals surface area contributed by atoms with Gasteiger partial charge in [0.25, 0.3) is 0 Å². The first-order valence-electron chi connectivity index (χ1n) is 9.09. The summed E-state index contributed by atoms with van der Waals surface area (Å²) in [6.45, 7) is 4.50. The summed E-state index contributed by atoms with van der Waals surface area (Å²) in [4.78, 5) is 0. The zero-order chi connectivity index (χ0) is 15.3. The molecule has 0 aliphatic carbocycles. The van der Waals surface area contributed by atoms with Crippen molar-refractivity contribution in [1.29, 1.82) is 0 Å². The van der Waals surface area contributed by atoms with Crippen LogP contribution >= 0.6 is 0 Å². The van der Waals surface area contributed by atoms with E-state index in [0.29, 0.717) is 5.75 Å². The van der Waals surface area contributed by atoms with E-state index in [0.717, 1.165) is 12.8 Å². The molecular formula is C20H34O. The van der Waals surface area contributed by atoms with Crippen LogP contribution in [-0.2, 0) is 12.8 Å². The number of hydrogen-bond acceptors (Lipinski definition) is 1. The van der Waals surface area contributed by atoms with Crippen LogP contribution in [0.2, 0.25) is 0 Å². The van der Waals surface area contributed by atoms with Crippen molar-refractivity contribution in [3.63, 3.8) is 0 Å². The highest BCUT2D eigenvalue weighted by molar-refractivity contribution is 5.39. The zero-order valence-corrected chi connectivity index (χ0v) is 14.2. The second kappa shape index (κ2) is 11.7. The first kappa shape index (κ1) is 18.1. The SMILES string of the molecule is CCCCCCCCc1cccc(O)c1CCCCCC. The quantitative estimate of drug-likeness (QED) is 0.440.